The number of carboxylic acid groups (broad SMARTS) is 1. The van der Waals surface area contributed by atoms with E-state index in [1.54, 1.807) is 36.4 Å². The van der Waals surface area contributed by atoms with E-state index < -0.39 is 11.9 Å². The average Bonchev–Trinajstić information content (AvgIpc) is 2.79. The molecule has 166 valence electrons. The van der Waals surface area contributed by atoms with Gasteiger partial charge in [-0.15, -0.1) is 0 Å². The zero-order valence-corrected chi connectivity index (χ0v) is 19.9. The number of hydrogen-bond donors (Lipinski definition) is 2. The largest absolute Gasteiger partial charge is 0.488 e. The lowest BCUT2D eigenvalue weighted by atomic mass is 10.1. The van der Waals surface area contributed by atoms with Gasteiger partial charge in [0.25, 0.3) is 5.91 Å². The second-order valence-corrected chi connectivity index (χ2v) is 8.46. The first-order valence-corrected chi connectivity index (χ1v) is 10.9. The average molecular weight is 546 g/mol. The van der Waals surface area contributed by atoms with Crippen LogP contribution in [0.5, 0.6) is 5.75 Å². The number of carbonyl (C=O) groups is 2. The van der Waals surface area contributed by atoms with Crippen molar-refractivity contribution in [2.75, 3.05) is 5.32 Å². The van der Waals surface area contributed by atoms with E-state index in [4.69, 9.17) is 33.0 Å². The molecular formula is C24H15BrCl2N2O4. The highest BCUT2D eigenvalue weighted by atomic mass is 79.9. The van der Waals surface area contributed by atoms with Gasteiger partial charge in [-0.05, 0) is 60.2 Å². The number of rotatable bonds is 7. The van der Waals surface area contributed by atoms with Gasteiger partial charge in [0.05, 0.1) is 15.6 Å². The zero-order valence-electron chi connectivity index (χ0n) is 16.8. The molecular weight excluding hydrogens is 531 g/mol. The Morgan fingerprint density at radius 1 is 1.09 bits per heavy atom. The molecule has 9 heteroatoms. The molecule has 0 aliphatic carbocycles. The minimum absolute atomic E-state index is 0.0141. The molecule has 0 saturated heterocycles. The molecule has 0 aliphatic rings. The summed E-state index contributed by atoms with van der Waals surface area (Å²) in [5.41, 5.74) is 1.37. The van der Waals surface area contributed by atoms with Crippen LogP contribution in [0, 0.1) is 11.3 Å². The smallest absolute Gasteiger partial charge is 0.335 e. The minimum atomic E-state index is -1.12. The van der Waals surface area contributed by atoms with E-state index in [0.29, 0.717) is 21.4 Å². The quantitative estimate of drug-likeness (QED) is 0.258. The maximum absolute atomic E-state index is 12.6. The van der Waals surface area contributed by atoms with Crippen molar-refractivity contribution in [3.63, 3.8) is 0 Å². The van der Waals surface area contributed by atoms with Crippen LogP contribution in [0.3, 0.4) is 0 Å². The topological polar surface area (TPSA) is 99.4 Å². The van der Waals surface area contributed by atoms with E-state index in [1.807, 2.05) is 6.07 Å². The number of nitrogens with zero attached hydrogens (tertiary/aromatic N) is 1. The Hall–Kier alpha value is -3.31. The normalized spacial score (nSPS) is 10.9. The van der Waals surface area contributed by atoms with E-state index in [9.17, 15) is 14.9 Å². The van der Waals surface area contributed by atoms with Crippen molar-refractivity contribution in [1.29, 1.82) is 5.26 Å². The number of ether oxygens (including phenoxy) is 1. The number of hydrogen-bond acceptors (Lipinski definition) is 4. The molecule has 0 atom stereocenters. The molecule has 0 spiro atoms. The molecule has 0 aromatic heterocycles. The summed E-state index contributed by atoms with van der Waals surface area (Å²) in [6.45, 7) is 0.190. The van der Waals surface area contributed by atoms with Crippen LogP contribution >= 0.6 is 39.1 Å². The second-order valence-electron chi connectivity index (χ2n) is 6.73. The van der Waals surface area contributed by atoms with Gasteiger partial charge in [-0.2, -0.15) is 5.26 Å². The fourth-order valence-corrected chi connectivity index (χ4v) is 3.49. The van der Waals surface area contributed by atoms with E-state index in [-0.39, 0.29) is 23.4 Å². The molecule has 3 rings (SSSR count). The fourth-order valence-electron chi connectivity index (χ4n) is 2.79. The highest BCUT2D eigenvalue weighted by Gasteiger charge is 2.13. The Labute approximate surface area is 208 Å². The molecule has 2 N–H and O–H groups in total. The summed E-state index contributed by atoms with van der Waals surface area (Å²) in [7, 11) is 0. The number of nitriles is 1. The van der Waals surface area contributed by atoms with Crippen LogP contribution in [-0.4, -0.2) is 17.0 Å². The summed E-state index contributed by atoms with van der Waals surface area (Å²) in [5.74, 6) is -1.37. The fraction of sp³-hybridized carbons (Fsp3) is 0.0417. The minimum Gasteiger partial charge on any atom is -0.488 e. The van der Waals surface area contributed by atoms with E-state index in [0.717, 1.165) is 10.0 Å². The van der Waals surface area contributed by atoms with Crippen molar-refractivity contribution in [2.24, 2.45) is 0 Å². The Kier molecular flexibility index (Phi) is 8.12. The van der Waals surface area contributed by atoms with E-state index in [1.165, 1.54) is 30.3 Å². The van der Waals surface area contributed by atoms with Crippen LogP contribution in [0.4, 0.5) is 5.69 Å². The third-order valence-corrected chi connectivity index (χ3v) is 5.61. The molecule has 0 saturated carbocycles. The maximum Gasteiger partial charge on any atom is 0.335 e. The molecule has 0 bridgehead atoms. The molecule has 3 aromatic rings. The van der Waals surface area contributed by atoms with Gasteiger partial charge in [-0.25, -0.2) is 4.79 Å². The van der Waals surface area contributed by atoms with Gasteiger partial charge in [-0.1, -0.05) is 51.3 Å². The van der Waals surface area contributed by atoms with Gasteiger partial charge in [0.2, 0.25) is 0 Å². The molecule has 0 fully saturated rings. The monoisotopic (exact) mass is 544 g/mol. The highest BCUT2D eigenvalue weighted by molar-refractivity contribution is 9.10. The summed E-state index contributed by atoms with van der Waals surface area (Å²) in [4.78, 5) is 23.8. The Balaban J connectivity index is 1.83. The summed E-state index contributed by atoms with van der Waals surface area (Å²) in [6.07, 6.45) is 1.39. The summed E-state index contributed by atoms with van der Waals surface area (Å²) < 4.78 is 6.61. The van der Waals surface area contributed by atoms with Gasteiger partial charge >= 0.3 is 5.97 Å². The molecule has 1 amide bonds. The number of carbonyl (C=O) groups excluding carboxylic acids is 1. The van der Waals surface area contributed by atoms with Crippen LogP contribution in [0.1, 0.15) is 21.5 Å². The van der Waals surface area contributed by atoms with E-state index in [2.05, 4.69) is 21.2 Å². The number of amides is 1. The lowest BCUT2D eigenvalue weighted by Gasteiger charge is -2.11. The number of aromatic carboxylic acids is 1. The van der Waals surface area contributed by atoms with Crippen molar-refractivity contribution >= 4 is 62.8 Å². The molecule has 33 heavy (non-hydrogen) atoms. The molecule has 3 aromatic carbocycles. The van der Waals surface area contributed by atoms with Gasteiger partial charge in [0.15, 0.2) is 0 Å². The third-order valence-electron chi connectivity index (χ3n) is 4.38. The molecule has 6 nitrogen and oxygen atoms in total. The van der Waals surface area contributed by atoms with Gasteiger partial charge < -0.3 is 15.2 Å². The summed E-state index contributed by atoms with van der Waals surface area (Å²) in [5, 5.41) is 22.0. The Bertz CT molecular complexity index is 1300. The molecule has 0 radical (unpaired) electrons. The number of nitrogens with one attached hydrogen (secondary N) is 1. The Morgan fingerprint density at radius 2 is 1.88 bits per heavy atom. The first-order chi connectivity index (χ1) is 15.8. The van der Waals surface area contributed by atoms with Crippen LogP contribution < -0.4 is 10.1 Å². The highest BCUT2D eigenvalue weighted by Crippen LogP contribution is 2.28. The number of benzene rings is 3. The van der Waals surface area contributed by atoms with Gasteiger partial charge in [0.1, 0.15) is 24.0 Å². The Morgan fingerprint density at radius 3 is 2.58 bits per heavy atom. The van der Waals surface area contributed by atoms with Crippen molar-refractivity contribution in [3.05, 3.63) is 97.4 Å². The summed E-state index contributed by atoms with van der Waals surface area (Å²) >= 11 is 15.4. The zero-order chi connectivity index (χ0) is 24.0. The summed E-state index contributed by atoms with van der Waals surface area (Å²) in [6, 6.07) is 17.9. The second kappa shape index (κ2) is 11.0. The lowest BCUT2D eigenvalue weighted by Crippen LogP contribution is -2.14. The molecule has 0 aliphatic heterocycles. The van der Waals surface area contributed by atoms with Crippen molar-refractivity contribution < 1.29 is 19.4 Å². The van der Waals surface area contributed by atoms with Crippen molar-refractivity contribution in [1.82, 2.24) is 0 Å². The number of carboxylic acids is 1. The number of halogens is 3. The van der Waals surface area contributed by atoms with Crippen molar-refractivity contribution in [2.45, 2.75) is 6.61 Å². The predicted octanol–water partition coefficient (Wildman–Crippen LogP) is 6.58. The SMILES string of the molecule is N#C/C(=C/c1cc(Br)ccc1OCc1ccc(Cl)c(Cl)c1)C(=O)Nc1cccc(C(=O)O)c1. The van der Waals surface area contributed by atoms with Crippen LogP contribution in [0.15, 0.2) is 70.7 Å². The van der Waals surface area contributed by atoms with E-state index >= 15 is 0 Å². The third kappa shape index (κ3) is 6.59. The maximum atomic E-state index is 12.6. The van der Waals surface area contributed by atoms with Crippen molar-refractivity contribution in [3.8, 4) is 11.8 Å². The first kappa shape index (κ1) is 24.3. The van der Waals surface area contributed by atoms with Crippen LogP contribution in [0.25, 0.3) is 6.08 Å². The molecule has 0 unspecified atom stereocenters. The molecule has 0 heterocycles. The standard InChI is InChI=1S/C24H15BrCl2N2O4/c25-18-5-7-22(33-13-14-4-6-20(26)21(27)8-14)16(10-18)9-17(12-28)23(30)29-19-3-1-2-15(11-19)24(31)32/h1-11H,13H2,(H,29,30)(H,31,32)/b17-9-. The first-order valence-electron chi connectivity index (χ1n) is 9.39. The van der Waals surface area contributed by atoms with Gasteiger partial charge in [0, 0.05) is 15.7 Å². The van der Waals surface area contributed by atoms with Crippen LogP contribution in [0.2, 0.25) is 10.0 Å². The number of anilines is 1. The van der Waals surface area contributed by atoms with Gasteiger partial charge in [-0.3, -0.25) is 4.79 Å². The van der Waals surface area contributed by atoms with Crippen LogP contribution in [-0.2, 0) is 11.4 Å². The lowest BCUT2D eigenvalue weighted by molar-refractivity contribution is -0.112. The predicted molar refractivity (Wildman–Crippen MR) is 131 cm³/mol.